The number of halogens is 2. The molecule has 0 radical (unpaired) electrons. The molecule has 0 atom stereocenters. The van der Waals surface area contributed by atoms with E-state index >= 15 is 0 Å². The van der Waals surface area contributed by atoms with E-state index in [2.05, 4.69) is 15.0 Å². The van der Waals surface area contributed by atoms with Crippen molar-refractivity contribution in [3.8, 4) is 0 Å². The van der Waals surface area contributed by atoms with Gasteiger partial charge in [0.1, 0.15) is 4.90 Å². The van der Waals surface area contributed by atoms with Crippen LogP contribution in [0.25, 0.3) is 0 Å². The molecule has 1 aromatic carbocycles. The Morgan fingerprint density at radius 1 is 1.25 bits per heavy atom. The minimum atomic E-state index is -3.73. The quantitative estimate of drug-likeness (QED) is 0.787. The summed E-state index contributed by atoms with van der Waals surface area (Å²) in [5.41, 5.74) is 0.935. The molecule has 1 heterocycles. The van der Waals surface area contributed by atoms with E-state index in [0.717, 1.165) is 5.69 Å². The van der Waals surface area contributed by atoms with Gasteiger partial charge < -0.3 is 10.3 Å². The first-order chi connectivity index (χ1) is 9.44. The van der Waals surface area contributed by atoms with Gasteiger partial charge in [0.2, 0.25) is 0 Å². The lowest BCUT2D eigenvalue weighted by Crippen LogP contribution is -2.13. The van der Waals surface area contributed by atoms with Gasteiger partial charge in [-0.25, -0.2) is 8.42 Å². The Labute approximate surface area is 127 Å². The number of hydrogen-bond donors (Lipinski definition) is 3. The summed E-state index contributed by atoms with van der Waals surface area (Å²) in [7, 11) is -1.96. The lowest BCUT2D eigenvalue weighted by molar-refractivity contribution is 0.601. The number of aromatic amines is 1. The summed E-state index contributed by atoms with van der Waals surface area (Å²) < 4.78 is 26.9. The van der Waals surface area contributed by atoms with Crippen LogP contribution < -0.4 is 10.0 Å². The van der Waals surface area contributed by atoms with Crippen LogP contribution in [0.3, 0.4) is 0 Å². The molecule has 108 valence electrons. The summed E-state index contributed by atoms with van der Waals surface area (Å²) in [6.45, 7) is 0.544. The zero-order valence-electron chi connectivity index (χ0n) is 10.6. The van der Waals surface area contributed by atoms with Crippen molar-refractivity contribution in [2.45, 2.75) is 11.4 Å². The summed E-state index contributed by atoms with van der Waals surface area (Å²) in [5.74, 6) is 0. The van der Waals surface area contributed by atoms with Crippen molar-refractivity contribution in [1.82, 2.24) is 10.3 Å². The van der Waals surface area contributed by atoms with Crippen LogP contribution in [0.4, 0.5) is 5.69 Å². The van der Waals surface area contributed by atoms with Crippen molar-refractivity contribution in [2.75, 3.05) is 11.8 Å². The molecule has 5 nitrogen and oxygen atoms in total. The van der Waals surface area contributed by atoms with E-state index in [-0.39, 0.29) is 20.6 Å². The fourth-order valence-corrected chi connectivity index (χ4v) is 3.38. The molecule has 0 aliphatic heterocycles. The Kier molecular flexibility index (Phi) is 4.59. The molecule has 0 unspecified atom stereocenters. The second kappa shape index (κ2) is 6.05. The monoisotopic (exact) mass is 333 g/mol. The van der Waals surface area contributed by atoms with Crippen LogP contribution in [-0.4, -0.2) is 20.4 Å². The number of anilines is 1. The van der Waals surface area contributed by atoms with Gasteiger partial charge in [0, 0.05) is 18.4 Å². The smallest absolute Gasteiger partial charge is 0.263 e. The first-order valence-corrected chi connectivity index (χ1v) is 7.96. The highest BCUT2D eigenvalue weighted by Crippen LogP contribution is 2.31. The first-order valence-electron chi connectivity index (χ1n) is 5.73. The van der Waals surface area contributed by atoms with Crippen molar-refractivity contribution in [3.05, 3.63) is 46.2 Å². The van der Waals surface area contributed by atoms with Gasteiger partial charge in [-0.05, 0) is 25.2 Å². The molecule has 0 bridgehead atoms. The number of hydrogen-bond acceptors (Lipinski definition) is 3. The number of para-hydroxylation sites is 1. The van der Waals surface area contributed by atoms with E-state index in [1.54, 1.807) is 31.3 Å². The molecule has 0 aliphatic rings. The van der Waals surface area contributed by atoms with E-state index in [0.29, 0.717) is 6.54 Å². The maximum atomic E-state index is 12.3. The zero-order valence-corrected chi connectivity index (χ0v) is 12.9. The van der Waals surface area contributed by atoms with Crippen molar-refractivity contribution < 1.29 is 8.42 Å². The molecule has 20 heavy (non-hydrogen) atoms. The van der Waals surface area contributed by atoms with E-state index in [1.807, 2.05) is 0 Å². The summed E-state index contributed by atoms with van der Waals surface area (Å²) in [5, 5.41) is 3.41. The third-order valence-electron chi connectivity index (χ3n) is 2.59. The van der Waals surface area contributed by atoms with Crippen molar-refractivity contribution >= 4 is 38.9 Å². The Hall–Kier alpha value is -1.21. The Morgan fingerprint density at radius 3 is 2.50 bits per heavy atom. The van der Waals surface area contributed by atoms with Gasteiger partial charge >= 0.3 is 0 Å². The van der Waals surface area contributed by atoms with Crippen LogP contribution in [0.2, 0.25) is 10.0 Å². The number of sulfonamides is 1. The molecule has 8 heteroatoms. The van der Waals surface area contributed by atoms with Crippen molar-refractivity contribution in [1.29, 1.82) is 0 Å². The van der Waals surface area contributed by atoms with Crippen molar-refractivity contribution in [2.24, 2.45) is 0 Å². The minimum Gasteiger partial charge on any atom is -0.363 e. The second-order valence-electron chi connectivity index (χ2n) is 4.09. The van der Waals surface area contributed by atoms with Gasteiger partial charge in [0.05, 0.1) is 15.7 Å². The number of nitrogens with one attached hydrogen (secondary N) is 3. The predicted molar refractivity (Wildman–Crippen MR) is 80.8 cm³/mol. The average molecular weight is 334 g/mol. The topological polar surface area (TPSA) is 74.0 Å². The van der Waals surface area contributed by atoms with Crippen LogP contribution >= 0.6 is 23.2 Å². The number of H-pyrrole nitrogens is 1. The molecule has 0 aliphatic carbocycles. The van der Waals surface area contributed by atoms with Gasteiger partial charge in [-0.3, -0.25) is 4.72 Å². The molecule has 1 aromatic heterocycles. The first kappa shape index (κ1) is 15.2. The van der Waals surface area contributed by atoms with E-state index in [1.165, 1.54) is 6.20 Å². The molecular weight excluding hydrogens is 321 g/mol. The second-order valence-corrected chi connectivity index (χ2v) is 6.59. The van der Waals surface area contributed by atoms with Gasteiger partial charge in [-0.1, -0.05) is 29.3 Å². The highest BCUT2D eigenvalue weighted by Gasteiger charge is 2.19. The van der Waals surface area contributed by atoms with Crippen LogP contribution in [-0.2, 0) is 16.6 Å². The molecule has 0 fully saturated rings. The minimum absolute atomic E-state index is 0.124. The Morgan fingerprint density at radius 2 is 1.90 bits per heavy atom. The molecule has 0 amide bonds. The van der Waals surface area contributed by atoms with Crippen molar-refractivity contribution in [3.63, 3.8) is 0 Å². The molecule has 0 saturated carbocycles. The molecule has 3 N–H and O–H groups in total. The predicted octanol–water partition coefficient (Wildman–Crippen LogP) is 2.84. The summed E-state index contributed by atoms with van der Waals surface area (Å²) >= 11 is 11.9. The largest absolute Gasteiger partial charge is 0.363 e. The lowest BCUT2D eigenvalue weighted by Gasteiger charge is -2.09. The normalized spacial score (nSPS) is 11.6. The van der Waals surface area contributed by atoms with Crippen LogP contribution in [0.15, 0.2) is 35.4 Å². The lowest BCUT2D eigenvalue weighted by atomic mass is 10.3. The summed E-state index contributed by atoms with van der Waals surface area (Å²) in [6.07, 6.45) is 1.42. The highest BCUT2D eigenvalue weighted by atomic mass is 35.5. The number of aromatic nitrogens is 1. The fraction of sp³-hybridized carbons (Fsp3) is 0.167. The molecule has 0 spiro atoms. The molecule has 2 rings (SSSR count). The third-order valence-corrected chi connectivity index (χ3v) is 4.55. The molecule has 2 aromatic rings. The van der Waals surface area contributed by atoms with E-state index < -0.39 is 10.0 Å². The highest BCUT2D eigenvalue weighted by molar-refractivity contribution is 7.92. The van der Waals surface area contributed by atoms with Gasteiger partial charge in [0.25, 0.3) is 10.0 Å². The van der Waals surface area contributed by atoms with Crippen LogP contribution in [0.5, 0.6) is 0 Å². The molecular formula is C12H13Cl2N3O2S. The third kappa shape index (κ3) is 3.27. The SMILES string of the molecule is CNCc1cc(S(=O)(=O)Nc2c(Cl)cccc2Cl)c[nH]1. The fourth-order valence-electron chi connectivity index (χ4n) is 1.66. The zero-order chi connectivity index (χ0) is 14.8. The average Bonchev–Trinajstić information content (AvgIpc) is 2.84. The maximum absolute atomic E-state index is 12.3. The Bertz CT molecular complexity index is 693. The number of benzene rings is 1. The summed E-state index contributed by atoms with van der Waals surface area (Å²) in [6, 6.07) is 6.32. The van der Waals surface area contributed by atoms with E-state index in [4.69, 9.17) is 23.2 Å². The van der Waals surface area contributed by atoms with Gasteiger partial charge in [-0.15, -0.1) is 0 Å². The maximum Gasteiger partial charge on any atom is 0.263 e. The summed E-state index contributed by atoms with van der Waals surface area (Å²) in [4.78, 5) is 3.00. The van der Waals surface area contributed by atoms with Gasteiger partial charge in [-0.2, -0.15) is 0 Å². The standard InChI is InChI=1S/C12H13Cl2N3O2S/c1-15-6-8-5-9(7-16-8)20(18,19)17-12-10(13)3-2-4-11(12)14/h2-5,7,15-17H,6H2,1H3. The van der Waals surface area contributed by atoms with Crippen LogP contribution in [0, 0.1) is 0 Å². The Balaban J connectivity index is 2.31. The molecule has 0 saturated heterocycles. The van der Waals surface area contributed by atoms with Gasteiger partial charge in [0.15, 0.2) is 0 Å². The van der Waals surface area contributed by atoms with Crippen LogP contribution in [0.1, 0.15) is 5.69 Å². The number of rotatable bonds is 5. The van der Waals surface area contributed by atoms with E-state index in [9.17, 15) is 8.42 Å².